The van der Waals surface area contributed by atoms with Gasteiger partial charge in [0.15, 0.2) is 0 Å². The number of rotatable bonds is 5. The van der Waals surface area contributed by atoms with Crippen molar-refractivity contribution < 1.29 is 14.6 Å². The summed E-state index contributed by atoms with van der Waals surface area (Å²) in [6.07, 6.45) is 0.534. The Kier molecular flexibility index (Phi) is 5.59. The van der Waals surface area contributed by atoms with E-state index in [1.807, 2.05) is 44.2 Å². The molecule has 1 aliphatic rings. The van der Waals surface area contributed by atoms with Crippen molar-refractivity contribution in [3.05, 3.63) is 61.6 Å². The summed E-state index contributed by atoms with van der Waals surface area (Å²) in [4.78, 5) is 42.2. The highest BCUT2D eigenvalue weighted by Gasteiger charge is 2.32. The average Bonchev–Trinajstić information content (AvgIpc) is 3.11. The van der Waals surface area contributed by atoms with Gasteiger partial charge in [-0.15, -0.1) is 11.3 Å². The Balaban J connectivity index is 1.87. The van der Waals surface area contributed by atoms with Gasteiger partial charge in [0.05, 0.1) is 30.7 Å². The van der Waals surface area contributed by atoms with Gasteiger partial charge in [-0.25, -0.2) is 4.79 Å². The molecule has 0 saturated carbocycles. The number of amides is 1. The standard InChI is InChI=1S/C22H25N3O5S/c1-22(2)11-15-16(13-30-22)31-20-18(15)19(28)24(9-10-26)21(29)25(20)12-17(27)23(3)14-7-5-4-6-8-14/h4-8,26H,9-13H2,1-3H3. The first-order valence-electron chi connectivity index (χ1n) is 10.1. The zero-order valence-corrected chi connectivity index (χ0v) is 18.6. The molecule has 0 saturated heterocycles. The monoisotopic (exact) mass is 443 g/mol. The molecule has 2 aromatic heterocycles. The first-order valence-corrected chi connectivity index (χ1v) is 10.9. The van der Waals surface area contributed by atoms with E-state index in [-0.39, 0.29) is 25.6 Å². The number of aliphatic hydroxyl groups excluding tert-OH is 1. The number of thiophene rings is 1. The minimum absolute atomic E-state index is 0.124. The second kappa shape index (κ2) is 8.07. The number of hydrogen-bond donors (Lipinski definition) is 1. The Hall–Kier alpha value is -2.75. The Morgan fingerprint density at radius 3 is 2.61 bits per heavy atom. The molecule has 4 rings (SSSR count). The molecule has 31 heavy (non-hydrogen) atoms. The second-order valence-corrected chi connectivity index (χ2v) is 9.33. The van der Waals surface area contributed by atoms with Crippen LogP contribution < -0.4 is 16.1 Å². The third kappa shape index (κ3) is 3.84. The van der Waals surface area contributed by atoms with Gasteiger partial charge in [0.1, 0.15) is 11.4 Å². The highest BCUT2D eigenvalue weighted by Crippen LogP contribution is 2.37. The van der Waals surface area contributed by atoms with E-state index < -0.39 is 16.9 Å². The van der Waals surface area contributed by atoms with Crippen molar-refractivity contribution in [2.24, 2.45) is 0 Å². The minimum Gasteiger partial charge on any atom is -0.395 e. The van der Waals surface area contributed by atoms with Gasteiger partial charge in [-0.1, -0.05) is 18.2 Å². The fourth-order valence-corrected chi connectivity index (χ4v) is 5.09. The van der Waals surface area contributed by atoms with Crippen LogP contribution in [0.5, 0.6) is 0 Å². The van der Waals surface area contributed by atoms with E-state index in [0.29, 0.717) is 28.9 Å². The number of ether oxygens (including phenoxy) is 1. The van der Waals surface area contributed by atoms with Crippen LogP contribution in [0.1, 0.15) is 24.3 Å². The van der Waals surface area contributed by atoms with Crippen LogP contribution in [0.15, 0.2) is 39.9 Å². The summed E-state index contributed by atoms with van der Waals surface area (Å²) in [5.41, 5.74) is 0.121. The third-order valence-corrected chi connectivity index (χ3v) is 6.80. The molecule has 8 nitrogen and oxygen atoms in total. The van der Waals surface area contributed by atoms with E-state index in [4.69, 9.17) is 4.74 Å². The quantitative estimate of drug-likeness (QED) is 0.648. The number of nitrogens with zero attached hydrogens (tertiary/aromatic N) is 3. The molecule has 1 amide bonds. The summed E-state index contributed by atoms with van der Waals surface area (Å²) >= 11 is 1.32. The molecule has 0 unspecified atom stereocenters. The lowest BCUT2D eigenvalue weighted by Crippen LogP contribution is -2.43. The molecule has 1 N–H and O–H groups in total. The lowest BCUT2D eigenvalue weighted by atomic mass is 9.94. The molecule has 0 bridgehead atoms. The molecule has 0 radical (unpaired) electrons. The molecule has 3 aromatic rings. The predicted octanol–water partition coefficient (Wildman–Crippen LogP) is 1.73. The van der Waals surface area contributed by atoms with Crippen LogP contribution in [-0.4, -0.2) is 39.4 Å². The maximum atomic E-state index is 13.2. The molecular weight excluding hydrogens is 418 g/mol. The lowest BCUT2D eigenvalue weighted by molar-refractivity contribution is -0.118. The molecule has 9 heteroatoms. The van der Waals surface area contributed by atoms with E-state index in [0.717, 1.165) is 15.0 Å². The van der Waals surface area contributed by atoms with Crippen LogP contribution in [0.25, 0.3) is 10.2 Å². The van der Waals surface area contributed by atoms with Crippen LogP contribution in [0, 0.1) is 0 Å². The molecule has 0 aliphatic carbocycles. The number of aromatic nitrogens is 2. The molecule has 1 aliphatic heterocycles. The van der Waals surface area contributed by atoms with Gasteiger partial charge >= 0.3 is 5.69 Å². The second-order valence-electron chi connectivity index (χ2n) is 8.25. The molecule has 0 atom stereocenters. The van der Waals surface area contributed by atoms with Crippen LogP contribution in [0.2, 0.25) is 0 Å². The molecule has 0 fully saturated rings. The van der Waals surface area contributed by atoms with Gasteiger partial charge in [-0.2, -0.15) is 0 Å². The number of fused-ring (bicyclic) bond motifs is 3. The van der Waals surface area contributed by atoms with E-state index in [9.17, 15) is 19.5 Å². The third-order valence-electron chi connectivity index (χ3n) is 5.57. The van der Waals surface area contributed by atoms with Crippen molar-refractivity contribution in [2.75, 3.05) is 18.6 Å². The Morgan fingerprint density at radius 1 is 1.23 bits per heavy atom. The van der Waals surface area contributed by atoms with Gasteiger partial charge in [-0.05, 0) is 31.5 Å². The summed E-state index contributed by atoms with van der Waals surface area (Å²) in [7, 11) is 1.65. The van der Waals surface area contributed by atoms with Crippen molar-refractivity contribution in [3.8, 4) is 0 Å². The summed E-state index contributed by atoms with van der Waals surface area (Å²) in [5.74, 6) is -0.285. The minimum atomic E-state index is -0.597. The van der Waals surface area contributed by atoms with Crippen molar-refractivity contribution in [2.45, 2.75) is 45.6 Å². The Morgan fingerprint density at radius 2 is 1.94 bits per heavy atom. The number of para-hydroxylation sites is 1. The van der Waals surface area contributed by atoms with Crippen LogP contribution in [0.4, 0.5) is 5.69 Å². The SMILES string of the molecule is CN(C(=O)Cn1c(=O)n(CCO)c(=O)c2c3c(sc21)COC(C)(C)C3)c1ccccc1. The van der Waals surface area contributed by atoms with E-state index in [1.165, 1.54) is 20.8 Å². The largest absolute Gasteiger partial charge is 0.395 e. The van der Waals surface area contributed by atoms with Crippen molar-refractivity contribution >= 4 is 33.1 Å². The summed E-state index contributed by atoms with van der Waals surface area (Å²) in [6, 6.07) is 9.15. The van der Waals surface area contributed by atoms with Crippen molar-refractivity contribution in [1.29, 1.82) is 0 Å². The first kappa shape index (κ1) is 21.5. The van der Waals surface area contributed by atoms with Crippen LogP contribution >= 0.6 is 11.3 Å². The topological polar surface area (TPSA) is 93.8 Å². The fraction of sp³-hybridized carbons (Fsp3) is 0.409. The van der Waals surface area contributed by atoms with Gasteiger partial charge in [-0.3, -0.25) is 18.7 Å². The van der Waals surface area contributed by atoms with E-state index in [1.54, 1.807) is 7.05 Å². The Bertz CT molecular complexity index is 1260. The number of carbonyl (C=O) groups is 1. The Labute approximate surface area is 182 Å². The van der Waals surface area contributed by atoms with Crippen molar-refractivity contribution in [1.82, 2.24) is 9.13 Å². The van der Waals surface area contributed by atoms with Gasteiger partial charge in [0, 0.05) is 24.0 Å². The van der Waals surface area contributed by atoms with E-state index in [2.05, 4.69) is 0 Å². The fourth-order valence-electron chi connectivity index (χ4n) is 3.88. The molecule has 0 spiro atoms. The number of benzene rings is 1. The molecule has 1 aromatic carbocycles. The predicted molar refractivity (Wildman–Crippen MR) is 120 cm³/mol. The summed E-state index contributed by atoms with van der Waals surface area (Å²) in [5, 5.41) is 9.87. The molecular formula is C22H25N3O5S. The first-order chi connectivity index (χ1) is 14.7. The summed E-state index contributed by atoms with van der Waals surface area (Å²) in [6.45, 7) is 3.59. The number of carbonyl (C=O) groups excluding carboxylic acids is 1. The number of aliphatic hydroxyl groups is 1. The molecule has 3 heterocycles. The smallest absolute Gasteiger partial charge is 0.332 e. The highest BCUT2D eigenvalue weighted by molar-refractivity contribution is 7.18. The summed E-state index contributed by atoms with van der Waals surface area (Å²) < 4.78 is 8.26. The maximum Gasteiger partial charge on any atom is 0.332 e. The number of hydrogen-bond acceptors (Lipinski definition) is 6. The normalized spacial score (nSPS) is 15.1. The zero-order chi connectivity index (χ0) is 22.3. The van der Waals surface area contributed by atoms with Crippen LogP contribution in [-0.2, 0) is 35.6 Å². The number of anilines is 1. The van der Waals surface area contributed by atoms with Crippen LogP contribution in [0.3, 0.4) is 0 Å². The van der Waals surface area contributed by atoms with Gasteiger partial charge in [0.2, 0.25) is 5.91 Å². The number of likely N-dealkylation sites (N-methyl/N-ethyl adjacent to an activating group) is 1. The van der Waals surface area contributed by atoms with Gasteiger partial charge < -0.3 is 14.7 Å². The molecule has 164 valence electrons. The highest BCUT2D eigenvalue weighted by atomic mass is 32.1. The average molecular weight is 444 g/mol. The zero-order valence-electron chi connectivity index (χ0n) is 17.8. The van der Waals surface area contributed by atoms with Gasteiger partial charge in [0.25, 0.3) is 5.56 Å². The maximum absolute atomic E-state index is 13.2. The lowest BCUT2D eigenvalue weighted by Gasteiger charge is -2.29. The van der Waals surface area contributed by atoms with Crippen molar-refractivity contribution in [3.63, 3.8) is 0 Å². The van der Waals surface area contributed by atoms with E-state index >= 15 is 0 Å².